The molecule has 1 aliphatic rings. The lowest BCUT2D eigenvalue weighted by atomic mass is 9.98. The molecule has 2 heterocycles. The number of nitrogens with one attached hydrogen (secondary N) is 2. The molecule has 226 valence electrons. The van der Waals surface area contributed by atoms with E-state index in [0.717, 1.165) is 44.0 Å². The summed E-state index contributed by atoms with van der Waals surface area (Å²) >= 11 is 0. The fraction of sp³-hybridized carbons (Fsp3) is 0.265. The van der Waals surface area contributed by atoms with Crippen LogP contribution in [0.3, 0.4) is 0 Å². The Balaban J connectivity index is 1.16. The molecular weight excluding hydrogens is 558 g/mol. The van der Waals surface area contributed by atoms with Crippen LogP contribution in [0.4, 0.5) is 11.4 Å². The maximum absolute atomic E-state index is 13.2. The second-order valence-electron chi connectivity index (χ2n) is 10.5. The molecule has 0 saturated heterocycles. The number of para-hydroxylation sites is 1. The maximum Gasteiger partial charge on any atom is 0.275 e. The van der Waals surface area contributed by atoms with Crippen LogP contribution >= 0.6 is 0 Å². The normalized spacial score (nSPS) is 12.6. The van der Waals surface area contributed by atoms with Crippen molar-refractivity contribution in [3.8, 4) is 11.5 Å². The topological polar surface area (TPSA) is 123 Å². The third kappa shape index (κ3) is 7.09. The first-order valence-electron chi connectivity index (χ1n) is 14.5. The lowest BCUT2D eigenvalue weighted by Crippen LogP contribution is -2.32. The zero-order chi connectivity index (χ0) is 31.1. The Kier molecular flexibility index (Phi) is 9.61. The molecule has 2 N–H and O–H groups in total. The molecule has 5 rings (SSSR count). The number of amides is 2. The van der Waals surface area contributed by atoms with E-state index < -0.39 is 5.91 Å². The minimum absolute atomic E-state index is 0.0390. The van der Waals surface area contributed by atoms with Gasteiger partial charge in [0.05, 0.1) is 37.9 Å². The molecule has 0 spiro atoms. The van der Waals surface area contributed by atoms with Gasteiger partial charge in [-0.05, 0) is 65.9 Å². The first-order valence-corrected chi connectivity index (χ1v) is 14.5. The Morgan fingerprint density at radius 2 is 1.52 bits per heavy atom. The van der Waals surface area contributed by atoms with Crippen LogP contribution < -0.4 is 20.1 Å². The van der Waals surface area contributed by atoms with Gasteiger partial charge in [0.2, 0.25) is 0 Å². The van der Waals surface area contributed by atoms with Gasteiger partial charge in [-0.25, -0.2) is 9.97 Å². The number of ketones is 1. The predicted octanol–water partition coefficient (Wildman–Crippen LogP) is 5.19. The van der Waals surface area contributed by atoms with Gasteiger partial charge in [0, 0.05) is 31.7 Å². The highest BCUT2D eigenvalue weighted by Gasteiger charge is 2.20. The predicted molar refractivity (Wildman–Crippen MR) is 168 cm³/mol. The van der Waals surface area contributed by atoms with Gasteiger partial charge in [-0.15, -0.1) is 0 Å². The van der Waals surface area contributed by atoms with Gasteiger partial charge in [-0.1, -0.05) is 31.2 Å². The van der Waals surface area contributed by atoms with E-state index in [-0.39, 0.29) is 23.1 Å². The van der Waals surface area contributed by atoms with Gasteiger partial charge in [-0.2, -0.15) is 0 Å². The van der Waals surface area contributed by atoms with E-state index in [0.29, 0.717) is 23.4 Å². The lowest BCUT2D eigenvalue weighted by molar-refractivity contribution is 0.0976. The number of anilines is 2. The van der Waals surface area contributed by atoms with Crippen LogP contribution in [-0.4, -0.2) is 59.8 Å². The van der Waals surface area contributed by atoms with Crippen molar-refractivity contribution in [2.45, 2.75) is 32.7 Å². The number of Topliss-reactive ketones (excluding diaryl/α,β-unsaturated/α-hetero) is 1. The summed E-state index contributed by atoms with van der Waals surface area (Å²) < 4.78 is 10.9. The van der Waals surface area contributed by atoms with Crippen molar-refractivity contribution < 1.29 is 23.9 Å². The number of carbonyl (C=O) groups excluding carboxylic acids is 3. The number of rotatable bonds is 11. The van der Waals surface area contributed by atoms with Crippen molar-refractivity contribution in [2.24, 2.45) is 0 Å². The molecule has 1 aliphatic heterocycles. The number of fused-ring (bicyclic) bond motifs is 1. The monoisotopic (exact) mass is 593 g/mol. The summed E-state index contributed by atoms with van der Waals surface area (Å²) in [6.07, 6.45) is 4.67. The molecule has 44 heavy (non-hydrogen) atoms. The molecule has 0 aliphatic carbocycles. The summed E-state index contributed by atoms with van der Waals surface area (Å²) in [7, 11) is 3.31. The third-order valence-corrected chi connectivity index (χ3v) is 7.64. The summed E-state index contributed by atoms with van der Waals surface area (Å²) in [4.78, 5) is 48.2. The van der Waals surface area contributed by atoms with E-state index in [2.05, 4.69) is 37.6 Å². The minimum atomic E-state index is -0.534. The smallest absolute Gasteiger partial charge is 0.275 e. The zero-order valence-electron chi connectivity index (χ0n) is 25.1. The first kappa shape index (κ1) is 30.4. The van der Waals surface area contributed by atoms with Crippen molar-refractivity contribution in [1.29, 1.82) is 0 Å². The summed E-state index contributed by atoms with van der Waals surface area (Å²) in [5.74, 6) is 0.468. The number of carbonyl (C=O) groups is 3. The van der Waals surface area contributed by atoms with E-state index >= 15 is 0 Å². The highest BCUT2D eigenvalue weighted by atomic mass is 16.5. The van der Waals surface area contributed by atoms with E-state index in [1.807, 2.05) is 24.3 Å². The van der Waals surface area contributed by atoms with Crippen molar-refractivity contribution in [1.82, 2.24) is 14.9 Å². The Bertz CT molecular complexity index is 1650. The van der Waals surface area contributed by atoms with Gasteiger partial charge >= 0.3 is 0 Å². The quantitative estimate of drug-likeness (QED) is 0.228. The summed E-state index contributed by atoms with van der Waals surface area (Å²) in [5, 5.41) is 5.64. The second-order valence-corrected chi connectivity index (χ2v) is 10.5. The summed E-state index contributed by atoms with van der Waals surface area (Å²) in [5.41, 5.74) is 5.25. The molecular formula is C34H35N5O5. The number of ether oxygens (including phenoxy) is 2. The van der Waals surface area contributed by atoms with Crippen LogP contribution in [0.15, 0.2) is 73.1 Å². The molecule has 10 nitrogen and oxygen atoms in total. The molecule has 0 fully saturated rings. The largest absolute Gasteiger partial charge is 0.493 e. The molecule has 10 heteroatoms. The fourth-order valence-electron chi connectivity index (χ4n) is 5.12. The second kappa shape index (κ2) is 13.9. The number of hydrogen-bond donors (Lipinski definition) is 2. The van der Waals surface area contributed by atoms with E-state index in [1.165, 1.54) is 29.1 Å². The maximum atomic E-state index is 13.2. The van der Waals surface area contributed by atoms with Gasteiger partial charge in [0.25, 0.3) is 11.8 Å². The van der Waals surface area contributed by atoms with Crippen LogP contribution in [0.25, 0.3) is 0 Å². The molecule has 0 unspecified atom stereocenters. The Morgan fingerprint density at radius 3 is 2.20 bits per heavy atom. The number of methoxy groups -OCH3 is 2. The SMILES string of the molecule is CCC(=O)c1cnc(C(=O)Nc2ccccc2C(=O)Nc2ccc(CCN3CCc4cc(OC)c(OC)cc4C3)cc2)cn1. The molecule has 2 amide bonds. The van der Waals surface area contributed by atoms with Crippen LogP contribution in [-0.2, 0) is 19.4 Å². The molecule has 0 saturated carbocycles. The number of aromatic nitrogens is 2. The Labute approximate surface area is 256 Å². The highest BCUT2D eigenvalue weighted by molar-refractivity contribution is 6.12. The van der Waals surface area contributed by atoms with Crippen LogP contribution in [0.2, 0.25) is 0 Å². The zero-order valence-corrected chi connectivity index (χ0v) is 25.1. The van der Waals surface area contributed by atoms with E-state index in [1.54, 1.807) is 45.4 Å². The highest BCUT2D eigenvalue weighted by Crippen LogP contribution is 2.33. The number of benzene rings is 3. The van der Waals surface area contributed by atoms with E-state index in [9.17, 15) is 14.4 Å². The lowest BCUT2D eigenvalue weighted by Gasteiger charge is -2.29. The summed E-state index contributed by atoms with van der Waals surface area (Å²) in [6, 6.07) is 18.7. The Hall–Kier alpha value is -5.09. The summed E-state index contributed by atoms with van der Waals surface area (Å²) in [6.45, 7) is 4.47. The molecule has 3 aromatic carbocycles. The first-order chi connectivity index (χ1) is 21.4. The number of hydrogen-bond acceptors (Lipinski definition) is 8. The van der Waals surface area contributed by atoms with Crippen LogP contribution in [0.1, 0.15) is 61.4 Å². The molecule has 0 radical (unpaired) electrons. The van der Waals surface area contributed by atoms with Crippen molar-refractivity contribution in [3.63, 3.8) is 0 Å². The van der Waals surface area contributed by atoms with Crippen molar-refractivity contribution in [2.75, 3.05) is 37.9 Å². The Morgan fingerprint density at radius 1 is 0.841 bits per heavy atom. The van der Waals surface area contributed by atoms with Crippen LogP contribution in [0, 0.1) is 0 Å². The standard InChI is InChI=1S/C34H35N5O5/c1-4-30(40)28-19-36-29(20-35-28)34(42)38-27-8-6-5-7-26(27)33(41)37-25-11-9-22(10-12-25)13-15-39-16-14-23-17-31(43-2)32(44-3)18-24(23)21-39/h5-12,17-20H,4,13-16,21H2,1-3H3,(H,37,41)(H,38,42). The third-order valence-electron chi connectivity index (χ3n) is 7.64. The molecule has 4 aromatic rings. The van der Waals surface area contributed by atoms with Gasteiger partial charge < -0.3 is 20.1 Å². The van der Waals surface area contributed by atoms with Crippen LogP contribution in [0.5, 0.6) is 11.5 Å². The molecule has 0 bridgehead atoms. The average molecular weight is 594 g/mol. The van der Waals surface area contributed by atoms with E-state index in [4.69, 9.17) is 9.47 Å². The number of nitrogens with zero attached hydrogens (tertiary/aromatic N) is 3. The van der Waals surface area contributed by atoms with Gasteiger partial charge in [-0.3, -0.25) is 19.3 Å². The van der Waals surface area contributed by atoms with Gasteiger partial charge in [0.1, 0.15) is 11.4 Å². The van der Waals surface area contributed by atoms with Crippen molar-refractivity contribution >= 4 is 29.0 Å². The molecule has 0 atom stereocenters. The minimum Gasteiger partial charge on any atom is -0.493 e. The fourth-order valence-corrected chi connectivity index (χ4v) is 5.12. The average Bonchev–Trinajstić information content (AvgIpc) is 3.07. The van der Waals surface area contributed by atoms with Gasteiger partial charge in [0.15, 0.2) is 17.3 Å². The van der Waals surface area contributed by atoms with Crippen molar-refractivity contribution in [3.05, 3.63) is 107 Å². The molecule has 1 aromatic heterocycles.